The van der Waals surface area contributed by atoms with E-state index in [2.05, 4.69) is 73.0 Å². The van der Waals surface area contributed by atoms with Gasteiger partial charge in [0.15, 0.2) is 16.6 Å². The molecule has 8 heteroatoms. The Morgan fingerprint density at radius 2 is 1.47 bits per heavy atom. The van der Waals surface area contributed by atoms with Gasteiger partial charge in [0.1, 0.15) is 12.1 Å². The van der Waals surface area contributed by atoms with Crippen molar-refractivity contribution in [3.8, 4) is 0 Å². The van der Waals surface area contributed by atoms with E-state index < -0.39 is 28.8 Å². The van der Waals surface area contributed by atoms with Gasteiger partial charge in [-0.15, -0.1) is 0 Å². The lowest BCUT2D eigenvalue weighted by atomic mass is 10.1. The van der Waals surface area contributed by atoms with Crippen LogP contribution in [0.4, 0.5) is 0 Å². The van der Waals surface area contributed by atoms with Crippen LogP contribution in [0.25, 0.3) is 0 Å². The van der Waals surface area contributed by atoms with Crippen molar-refractivity contribution >= 4 is 28.4 Å². The van der Waals surface area contributed by atoms with Gasteiger partial charge in [-0.2, -0.15) is 0 Å². The molecule has 36 heavy (non-hydrogen) atoms. The summed E-state index contributed by atoms with van der Waals surface area (Å²) in [5.74, 6) is -0.184. The van der Waals surface area contributed by atoms with E-state index in [1.807, 2.05) is 37.3 Å². The zero-order chi connectivity index (χ0) is 27.5. The monoisotopic (exact) mass is 534 g/mol. The van der Waals surface area contributed by atoms with Gasteiger partial charge in [0.25, 0.3) is 0 Å². The van der Waals surface area contributed by atoms with E-state index in [1.165, 1.54) is 0 Å². The Balaban J connectivity index is 2.48. The molecule has 0 bridgehead atoms. The first-order chi connectivity index (χ1) is 16.4. The fourth-order valence-electron chi connectivity index (χ4n) is 3.90. The molecule has 1 aromatic rings. The molecule has 1 aliphatic heterocycles. The van der Waals surface area contributed by atoms with Crippen molar-refractivity contribution in [3.05, 3.63) is 35.9 Å². The van der Waals surface area contributed by atoms with Crippen molar-refractivity contribution < 1.29 is 18.4 Å². The molecule has 1 unspecified atom stereocenters. The quantitative estimate of drug-likeness (QED) is 0.389. The lowest BCUT2D eigenvalue weighted by molar-refractivity contribution is -0.140. The third kappa shape index (κ3) is 7.30. The maximum absolute atomic E-state index is 13.8. The third-order valence-electron chi connectivity index (χ3n) is 8.24. The highest BCUT2D eigenvalue weighted by molar-refractivity contribution is 6.74. The minimum atomic E-state index is -2.27. The number of hydrogen-bond donors (Lipinski definition) is 1. The second-order valence-electron chi connectivity index (χ2n) is 13.2. The van der Waals surface area contributed by atoms with Crippen molar-refractivity contribution in [1.29, 1.82) is 0 Å². The maximum Gasteiger partial charge on any atom is 0.245 e. The minimum absolute atomic E-state index is 0.000432. The van der Waals surface area contributed by atoms with E-state index in [1.54, 1.807) is 4.90 Å². The standard InChI is InChI=1S/C28H50N2O4Si2/c1-12-16-23(31)30-20-22(33-35(8,9)27(2,3)4)25(34-36(10,11)28(5,6)7)24(30)26(32)29-19-21-17-14-13-15-18-21/h13-15,17-18,22,24-25H,12,16,19-20H2,1-11H3,(H,29,32)/t22-,24?,25+/m0/s1. The fourth-order valence-corrected chi connectivity index (χ4v) is 6.54. The van der Waals surface area contributed by atoms with E-state index >= 15 is 0 Å². The van der Waals surface area contributed by atoms with Crippen LogP contribution < -0.4 is 5.32 Å². The Morgan fingerprint density at radius 1 is 0.944 bits per heavy atom. The van der Waals surface area contributed by atoms with Crippen molar-refractivity contribution in [2.45, 2.75) is 122 Å². The summed E-state index contributed by atoms with van der Waals surface area (Å²) in [4.78, 5) is 28.8. The number of amides is 2. The number of carbonyl (C=O) groups is 2. The summed E-state index contributed by atoms with van der Waals surface area (Å²) in [6, 6.07) is 9.14. The number of benzene rings is 1. The molecule has 2 rings (SSSR count). The Morgan fingerprint density at radius 3 is 1.97 bits per heavy atom. The molecule has 2 amide bonds. The average molecular weight is 535 g/mol. The molecule has 1 heterocycles. The van der Waals surface area contributed by atoms with Crippen LogP contribution in [0.1, 0.15) is 66.9 Å². The highest BCUT2D eigenvalue weighted by Crippen LogP contribution is 2.43. The predicted octanol–water partition coefficient (Wildman–Crippen LogP) is 6.09. The highest BCUT2D eigenvalue weighted by atomic mass is 28.4. The van der Waals surface area contributed by atoms with E-state index in [-0.39, 0.29) is 28.0 Å². The van der Waals surface area contributed by atoms with Crippen LogP contribution in [0.3, 0.4) is 0 Å². The lowest BCUT2D eigenvalue weighted by Gasteiger charge is -2.43. The number of rotatable bonds is 9. The molecule has 0 aliphatic carbocycles. The van der Waals surface area contributed by atoms with Crippen LogP contribution in [0, 0.1) is 0 Å². The first kappa shape index (κ1) is 30.7. The van der Waals surface area contributed by atoms with Crippen LogP contribution in [0.15, 0.2) is 30.3 Å². The van der Waals surface area contributed by atoms with Gasteiger partial charge in [-0.25, -0.2) is 0 Å². The predicted molar refractivity (Wildman–Crippen MR) is 153 cm³/mol. The molecule has 0 aromatic heterocycles. The van der Waals surface area contributed by atoms with Crippen LogP contribution >= 0.6 is 0 Å². The average Bonchev–Trinajstić information content (AvgIpc) is 3.08. The molecular weight excluding hydrogens is 484 g/mol. The number of hydrogen-bond acceptors (Lipinski definition) is 4. The molecule has 1 saturated heterocycles. The molecule has 1 aromatic carbocycles. The fraction of sp³-hybridized carbons (Fsp3) is 0.714. The summed E-state index contributed by atoms with van der Waals surface area (Å²) in [6.45, 7) is 24.8. The minimum Gasteiger partial charge on any atom is -0.409 e. The Kier molecular flexibility index (Phi) is 9.82. The Labute approximate surface area is 221 Å². The number of likely N-dealkylation sites (tertiary alicyclic amines) is 1. The molecule has 6 nitrogen and oxygen atoms in total. The van der Waals surface area contributed by atoms with Crippen LogP contribution in [-0.2, 0) is 25.0 Å². The first-order valence-corrected chi connectivity index (χ1v) is 19.2. The maximum atomic E-state index is 13.8. The molecule has 0 saturated carbocycles. The van der Waals surface area contributed by atoms with Crippen molar-refractivity contribution in [2.24, 2.45) is 0 Å². The van der Waals surface area contributed by atoms with Gasteiger partial charge in [-0.3, -0.25) is 9.59 Å². The van der Waals surface area contributed by atoms with Gasteiger partial charge in [-0.05, 0) is 48.2 Å². The molecular formula is C28H50N2O4Si2. The van der Waals surface area contributed by atoms with Gasteiger partial charge < -0.3 is 19.1 Å². The summed E-state index contributed by atoms with van der Waals surface area (Å²) >= 11 is 0. The van der Waals surface area contributed by atoms with Gasteiger partial charge in [-0.1, -0.05) is 78.8 Å². The molecule has 1 aliphatic rings. The van der Waals surface area contributed by atoms with Gasteiger partial charge in [0.2, 0.25) is 11.8 Å². The second kappa shape index (κ2) is 11.5. The lowest BCUT2D eigenvalue weighted by Crippen LogP contribution is -2.56. The normalized spacial score (nSPS) is 21.5. The van der Waals surface area contributed by atoms with E-state index in [4.69, 9.17) is 8.85 Å². The third-order valence-corrected chi connectivity index (χ3v) is 17.2. The summed E-state index contributed by atoms with van der Waals surface area (Å²) in [5, 5.41) is 3.05. The van der Waals surface area contributed by atoms with Crippen LogP contribution in [0.5, 0.6) is 0 Å². The zero-order valence-corrected chi connectivity index (χ0v) is 26.5. The second-order valence-corrected chi connectivity index (χ2v) is 22.7. The Hall–Kier alpha value is -1.49. The van der Waals surface area contributed by atoms with E-state index in [9.17, 15) is 9.59 Å². The summed E-state index contributed by atoms with van der Waals surface area (Å²) in [7, 11) is -4.46. The number of nitrogens with one attached hydrogen (secondary N) is 1. The van der Waals surface area contributed by atoms with Crippen LogP contribution in [-0.4, -0.2) is 58.1 Å². The highest BCUT2D eigenvalue weighted by Gasteiger charge is 2.54. The smallest absolute Gasteiger partial charge is 0.245 e. The molecule has 0 radical (unpaired) electrons. The molecule has 204 valence electrons. The Bertz CT molecular complexity index is 891. The van der Waals surface area contributed by atoms with Gasteiger partial charge >= 0.3 is 0 Å². The van der Waals surface area contributed by atoms with Gasteiger partial charge in [0, 0.05) is 19.5 Å². The van der Waals surface area contributed by atoms with Crippen LogP contribution in [0.2, 0.25) is 36.3 Å². The summed E-state index contributed by atoms with van der Waals surface area (Å²) in [5.41, 5.74) is 1.02. The zero-order valence-electron chi connectivity index (χ0n) is 24.5. The largest absolute Gasteiger partial charge is 0.409 e. The summed E-state index contributed by atoms with van der Waals surface area (Å²) in [6.07, 6.45) is 0.294. The molecule has 3 atom stereocenters. The van der Waals surface area contributed by atoms with Crippen molar-refractivity contribution in [1.82, 2.24) is 10.2 Å². The first-order valence-electron chi connectivity index (χ1n) is 13.4. The van der Waals surface area contributed by atoms with Gasteiger partial charge in [0.05, 0.1) is 6.10 Å². The van der Waals surface area contributed by atoms with E-state index in [0.29, 0.717) is 19.5 Å². The van der Waals surface area contributed by atoms with Crippen molar-refractivity contribution in [3.63, 3.8) is 0 Å². The summed E-state index contributed by atoms with van der Waals surface area (Å²) < 4.78 is 13.9. The molecule has 0 spiro atoms. The molecule has 1 N–H and O–H groups in total. The topological polar surface area (TPSA) is 67.9 Å². The van der Waals surface area contributed by atoms with E-state index in [0.717, 1.165) is 12.0 Å². The van der Waals surface area contributed by atoms with Crippen molar-refractivity contribution in [2.75, 3.05) is 6.54 Å². The molecule has 1 fully saturated rings. The number of nitrogens with zero attached hydrogens (tertiary/aromatic N) is 1. The number of carbonyl (C=O) groups excluding carboxylic acids is 2. The SMILES string of the molecule is CCCC(=O)N1C[C@H](O[Si](C)(C)C(C)(C)C)[C@@H](O[Si](C)(C)C(C)(C)C)C1C(=O)NCc1ccccc1.